The Morgan fingerprint density at radius 1 is 1.50 bits per heavy atom. The summed E-state index contributed by atoms with van der Waals surface area (Å²) in [6, 6.07) is 7.67. The van der Waals surface area contributed by atoms with Gasteiger partial charge in [-0.15, -0.1) is 11.3 Å². The monoisotopic (exact) mass is 345 g/mol. The lowest BCUT2D eigenvalue weighted by Gasteiger charge is -2.26. The van der Waals surface area contributed by atoms with Gasteiger partial charge >= 0.3 is 0 Å². The number of aliphatic hydroxyl groups excluding tert-OH is 1. The molecule has 0 saturated carbocycles. The van der Waals surface area contributed by atoms with Crippen molar-refractivity contribution < 1.29 is 9.90 Å². The standard InChI is InChI=1S/C18H23N3O2S/c1-20(2)13-7-8-19-15(11-13)18(23)21-9-3-5-14(21)12-16(22)17-6-4-10-24-17/h4,6-8,10-11,14,16,22H,3,5,9,12H2,1-2H3/t14-,16+/m1/s1. The lowest BCUT2D eigenvalue weighted by molar-refractivity contribution is 0.0664. The molecule has 3 heterocycles. The fourth-order valence-corrected chi connectivity index (χ4v) is 3.89. The average Bonchev–Trinajstić information content (AvgIpc) is 3.26. The number of hydrogen-bond acceptors (Lipinski definition) is 5. The van der Waals surface area contributed by atoms with E-state index in [9.17, 15) is 9.90 Å². The Hall–Kier alpha value is -1.92. The van der Waals surface area contributed by atoms with Crippen molar-refractivity contribution >= 4 is 22.9 Å². The summed E-state index contributed by atoms with van der Waals surface area (Å²) in [5, 5.41) is 12.4. The number of pyridine rings is 1. The molecule has 1 N–H and O–H groups in total. The first-order chi connectivity index (χ1) is 11.6. The second kappa shape index (κ2) is 7.32. The van der Waals surface area contributed by atoms with Gasteiger partial charge in [0.1, 0.15) is 5.69 Å². The lowest BCUT2D eigenvalue weighted by Crippen LogP contribution is -2.37. The number of amides is 1. The van der Waals surface area contributed by atoms with Crippen LogP contribution in [0.2, 0.25) is 0 Å². The minimum Gasteiger partial charge on any atom is -0.387 e. The van der Waals surface area contributed by atoms with Crippen LogP contribution < -0.4 is 4.90 Å². The zero-order chi connectivity index (χ0) is 17.1. The third-order valence-corrected chi connectivity index (χ3v) is 5.46. The van der Waals surface area contributed by atoms with E-state index in [0.717, 1.165) is 30.0 Å². The highest BCUT2D eigenvalue weighted by atomic mass is 32.1. The van der Waals surface area contributed by atoms with Crippen LogP contribution in [0.15, 0.2) is 35.8 Å². The van der Waals surface area contributed by atoms with Gasteiger partial charge in [0.15, 0.2) is 0 Å². The summed E-state index contributed by atoms with van der Waals surface area (Å²) in [6.07, 6.45) is 3.65. The molecule has 5 nitrogen and oxygen atoms in total. The zero-order valence-corrected chi connectivity index (χ0v) is 14.9. The molecule has 2 aromatic rings. The Bertz CT molecular complexity index is 687. The van der Waals surface area contributed by atoms with E-state index in [1.54, 1.807) is 17.5 Å². The number of aromatic nitrogens is 1. The molecule has 6 heteroatoms. The fourth-order valence-electron chi connectivity index (χ4n) is 3.16. The summed E-state index contributed by atoms with van der Waals surface area (Å²) in [5.74, 6) is -0.0421. The van der Waals surface area contributed by atoms with Crippen LogP contribution in [0, 0.1) is 0 Å². The largest absolute Gasteiger partial charge is 0.387 e. The maximum Gasteiger partial charge on any atom is 0.272 e. The Morgan fingerprint density at radius 2 is 2.33 bits per heavy atom. The number of carbonyl (C=O) groups excluding carboxylic acids is 1. The first-order valence-corrected chi connectivity index (χ1v) is 9.10. The molecule has 128 valence electrons. The van der Waals surface area contributed by atoms with Crippen molar-refractivity contribution in [2.75, 3.05) is 25.5 Å². The van der Waals surface area contributed by atoms with Crippen LogP contribution in [0.25, 0.3) is 0 Å². The van der Waals surface area contributed by atoms with Crippen molar-refractivity contribution in [3.8, 4) is 0 Å². The third-order valence-electron chi connectivity index (χ3n) is 4.48. The summed E-state index contributed by atoms with van der Waals surface area (Å²) in [7, 11) is 3.89. The lowest BCUT2D eigenvalue weighted by atomic mass is 10.1. The quantitative estimate of drug-likeness (QED) is 0.905. The van der Waals surface area contributed by atoms with E-state index in [1.807, 2.05) is 53.5 Å². The van der Waals surface area contributed by atoms with Crippen molar-refractivity contribution in [1.82, 2.24) is 9.88 Å². The summed E-state index contributed by atoms with van der Waals surface area (Å²) >= 11 is 1.55. The molecule has 0 aliphatic carbocycles. The summed E-state index contributed by atoms with van der Waals surface area (Å²) in [4.78, 5) is 21.9. The number of anilines is 1. The van der Waals surface area contributed by atoms with Crippen LogP contribution in [0.5, 0.6) is 0 Å². The van der Waals surface area contributed by atoms with Crippen molar-refractivity contribution in [3.05, 3.63) is 46.4 Å². The van der Waals surface area contributed by atoms with E-state index < -0.39 is 6.10 Å². The van der Waals surface area contributed by atoms with Gasteiger partial charge in [-0.05, 0) is 42.8 Å². The minimum absolute atomic E-state index is 0.0421. The number of carbonyl (C=O) groups is 1. The predicted octanol–water partition coefficient (Wildman–Crippen LogP) is 2.94. The van der Waals surface area contributed by atoms with Crippen molar-refractivity contribution in [2.45, 2.75) is 31.4 Å². The summed E-state index contributed by atoms with van der Waals surface area (Å²) in [5.41, 5.74) is 1.43. The molecule has 1 aliphatic heterocycles. The smallest absolute Gasteiger partial charge is 0.272 e. The molecular formula is C18H23N3O2S. The van der Waals surface area contributed by atoms with Crippen molar-refractivity contribution in [3.63, 3.8) is 0 Å². The minimum atomic E-state index is -0.510. The fraction of sp³-hybridized carbons (Fsp3) is 0.444. The molecule has 0 radical (unpaired) electrons. The average molecular weight is 345 g/mol. The number of rotatable bonds is 5. The number of thiophene rings is 1. The zero-order valence-electron chi connectivity index (χ0n) is 14.1. The first kappa shape index (κ1) is 16.9. The van der Waals surface area contributed by atoms with Crippen LogP contribution in [0.3, 0.4) is 0 Å². The second-order valence-corrected chi connectivity index (χ2v) is 7.33. The van der Waals surface area contributed by atoms with E-state index in [4.69, 9.17) is 0 Å². The molecule has 0 aromatic carbocycles. The number of likely N-dealkylation sites (tertiary alicyclic amines) is 1. The molecule has 3 rings (SSSR count). The molecule has 1 fully saturated rings. The molecule has 24 heavy (non-hydrogen) atoms. The Labute approximate surface area is 146 Å². The summed E-state index contributed by atoms with van der Waals surface area (Å²) < 4.78 is 0. The van der Waals surface area contributed by atoms with Gasteiger partial charge in [-0.3, -0.25) is 9.78 Å². The van der Waals surface area contributed by atoms with Gasteiger partial charge in [-0.25, -0.2) is 0 Å². The third kappa shape index (κ3) is 3.60. The number of hydrogen-bond donors (Lipinski definition) is 1. The maximum absolute atomic E-state index is 12.9. The molecule has 1 saturated heterocycles. The van der Waals surface area contributed by atoms with Crippen LogP contribution in [-0.2, 0) is 0 Å². The first-order valence-electron chi connectivity index (χ1n) is 8.22. The molecule has 1 aliphatic rings. The van der Waals surface area contributed by atoms with Crippen LogP contribution >= 0.6 is 11.3 Å². The van der Waals surface area contributed by atoms with Crippen molar-refractivity contribution in [1.29, 1.82) is 0 Å². The topological polar surface area (TPSA) is 56.7 Å². The Morgan fingerprint density at radius 3 is 3.04 bits per heavy atom. The highest BCUT2D eigenvalue weighted by Crippen LogP contribution is 2.30. The molecule has 2 atom stereocenters. The van der Waals surface area contributed by atoms with E-state index >= 15 is 0 Å². The van der Waals surface area contributed by atoms with E-state index in [-0.39, 0.29) is 11.9 Å². The van der Waals surface area contributed by atoms with E-state index in [1.165, 1.54) is 0 Å². The molecule has 2 aromatic heterocycles. The number of aliphatic hydroxyl groups is 1. The van der Waals surface area contributed by atoms with Gasteiger partial charge in [0.05, 0.1) is 6.10 Å². The van der Waals surface area contributed by atoms with E-state index in [0.29, 0.717) is 12.1 Å². The molecule has 1 amide bonds. The van der Waals surface area contributed by atoms with Gasteiger partial charge in [-0.2, -0.15) is 0 Å². The van der Waals surface area contributed by atoms with Gasteiger partial charge in [0.25, 0.3) is 5.91 Å². The molecule has 0 unspecified atom stereocenters. The highest BCUT2D eigenvalue weighted by Gasteiger charge is 2.32. The Kier molecular flexibility index (Phi) is 5.16. The van der Waals surface area contributed by atoms with Crippen molar-refractivity contribution in [2.24, 2.45) is 0 Å². The molecule has 0 spiro atoms. The Balaban J connectivity index is 1.73. The second-order valence-electron chi connectivity index (χ2n) is 6.36. The van der Waals surface area contributed by atoms with Gasteiger partial charge in [-0.1, -0.05) is 6.07 Å². The molecular weight excluding hydrogens is 322 g/mol. The normalized spacial score (nSPS) is 18.6. The van der Waals surface area contributed by atoms with E-state index in [2.05, 4.69) is 4.98 Å². The molecule has 0 bridgehead atoms. The van der Waals surface area contributed by atoms with Crippen LogP contribution in [-0.4, -0.2) is 47.6 Å². The van der Waals surface area contributed by atoms with Crippen LogP contribution in [0.4, 0.5) is 5.69 Å². The van der Waals surface area contributed by atoms with Gasteiger partial charge < -0.3 is 14.9 Å². The SMILES string of the molecule is CN(C)c1ccnc(C(=O)N2CCC[C@@H]2C[C@H](O)c2cccs2)c1. The van der Waals surface area contributed by atoms with Gasteiger partial charge in [0, 0.05) is 43.4 Å². The highest BCUT2D eigenvalue weighted by molar-refractivity contribution is 7.10. The van der Waals surface area contributed by atoms with Crippen LogP contribution in [0.1, 0.15) is 40.7 Å². The van der Waals surface area contributed by atoms with Gasteiger partial charge in [0.2, 0.25) is 0 Å². The predicted molar refractivity (Wildman–Crippen MR) is 96.5 cm³/mol. The summed E-state index contributed by atoms with van der Waals surface area (Å²) in [6.45, 7) is 0.731. The number of nitrogens with zero attached hydrogens (tertiary/aromatic N) is 3. The maximum atomic E-state index is 12.9.